The molecule has 3 aromatic rings. The van der Waals surface area contributed by atoms with Gasteiger partial charge in [-0.3, -0.25) is 0 Å². The molecule has 0 saturated carbocycles. The Balaban J connectivity index is 1.75. The molecule has 122 valence electrons. The fourth-order valence-corrected chi connectivity index (χ4v) is 2.47. The fourth-order valence-electron chi connectivity index (χ4n) is 2.47. The molecule has 0 aliphatic heterocycles. The molecule has 0 unspecified atom stereocenters. The number of hydrogen-bond acceptors (Lipinski definition) is 3. The smallest absolute Gasteiger partial charge is 0.150 e. The maximum atomic E-state index is 6.09. The second-order valence-corrected chi connectivity index (χ2v) is 5.57. The Kier molecular flexibility index (Phi) is 5.02. The summed E-state index contributed by atoms with van der Waals surface area (Å²) in [5, 5.41) is 3.44. The SMILES string of the molecule is COc1cccc(CNc2ccccc2Oc2ccccc2C)c1. The van der Waals surface area contributed by atoms with Gasteiger partial charge in [-0.05, 0) is 48.4 Å². The molecule has 0 atom stereocenters. The lowest BCUT2D eigenvalue weighted by atomic mass is 10.2. The van der Waals surface area contributed by atoms with Gasteiger partial charge < -0.3 is 14.8 Å². The predicted octanol–water partition coefficient (Wildman–Crippen LogP) is 5.41. The summed E-state index contributed by atoms with van der Waals surface area (Å²) in [4.78, 5) is 0. The van der Waals surface area contributed by atoms with Crippen molar-refractivity contribution >= 4 is 5.69 Å². The van der Waals surface area contributed by atoms with E-state index in [0.29, 0.717) is 6.54 Å². The number of aryl methyl sites for hydroxylation is 1. The summed E-state index contributed by atoms with van der Waals surface area (Å²) in [6.07, 6.45) is 0. The Labute approximate surface area is 142 Å². The summed E-state index contributed by atoms with van der Waals surface area (Å²) in [7, 11) is 1.68. The number of methoxy groups -OCH3 is 1. The maximum absolute atomic E-state index is 6.09. The van der Waals surface area contributed by atoms with Gasteiger partial charge in [0.1, 0.15) is 11.5 Å². The van der Waals surface area contributed by atoms with E-state index >= 15 is 0 Å². The quantitative estimate of drug-likeness (QED) is 0.659. The topological polar surface area (TPSA) is 30.5 Å². The third kappa shape index (κ3) is 3.87. The maximum Gasteiger partial charge on any atom is 0.150 e. The second kappa shape index (κ2) is 7.55. The number of benzene rings is 3. The Hall–Kier alpha value is -2.94. The van der Waals surface area contributed by atoms with Crippen LogP contribution in [0.15, 0.2) is 72.8 Å². The van der Waals surface area contributed by atoms with E-state index in [1.807, 2.05) is 73.7 Å². The largest absolute Gasteiger partial charge is 0.497 e. The molecule has 3 heteroatoms. The van der Waals surface area contributed by atoms with Crippen LogP contribution in [0.25, 0.3) is 0 Å². The van der Waals surface area contributed by atoms with Gasteiger partial charge in [-0.2, -0.15) is 0 Å². The van der Waals surface area contributed by atoms with Gasteiger partial charge in [0.2, 0.25) is 0 Å². The van der Waals surface area contributed by atoms with Gasteiger partial charge >= 0.3 is 0 Å². The van der Waals surface area contributed by atoms with E-state index in [1.165, 1.54) is 0 Å². The highest BCUT2D eigenvalue weighted by molar-refractivity contribution is 5.58. The highest BCUT2D eigenvalue weighted by Gasteiger charge is 2.06. The molecule has 0 spiro atoms. The molecule has 3 rings (SSSR count). The van der Waals surface area contributed by atoms with Crippen molar-refractivity contribution in [3.8, 4) is 17.2 Å². The molecular formula is C21H21NO2. The first kappa shape index (κ1) is 15.9. The van der Waals surface area contributed by atoms with E-state index < -0.39 is 0 Å². The molecule has 0 aliphatic carbocycles. The molecule has 0 fully saturated rings. The van der Waals surface area contributed by atoms with Crippen molar-refractivity contribution in [2.24, 2.45) is 0 Å². The molecule has 3 aromatic carbocycles. The van der Waals surface area contributed by atoms with Crippen molar-refractivity contribution in [3.05, 3.63) is 83.9 Å². The van der Waals surface area contributed by atoms with Crippen LogP contribution in [0.3, 0.4) is 0 Å². The normalized spacial score (nSPS) is 10.2. The monoisotopic (exact) mass is 319 g/mol. The molecule has 0 aliphatic rings. The standard InChI is InChI=1S/C21H21NO2/c1-16-8-3-5-12-20(16)24-21-13-6-4-11-19(21)22-15-17-9-7-10-18(14-17)23-2/h3-14,22H,15H2,1-2H3. The van der Waals surface area contributed by atoms with Crippen molar-refractivity contribution in [1.29, 1.82) is 0 Å². The minimum atomic E-state index is 0.700. The average Bonchev–Trinajstić information content (AvgIpc) is 2.63. The third-order valence-corrected chi connectivity index (χ3v) is 3.82. The Morgan fingerprint density at radius 3 is 2.38 bits per heavy atom. The van der Waals surface area contributed by atoms with E-state index in [2.05, 4.69) is 11.4 Å². The molecule has 0 bridgehead atoms. The second-order valence-electron chi connectivity index (χ2n) is 5.57. The van der Waals surface area contributed by atoms with Gasteiger partial charge in [-0.25, -0.2) is 0 Å². The lowest BCUT2D eigenvalue weighted by Crippen LogP contribution is -2.01. The lowest BCUT2D eigenvalue weighted by molar-refractivity contribution is 0.414. The van der Waals surface area contributed by atoms with Gasteiger partial charge in [-0.15, -0.1) is 0 Å². The van der Waals surface area contributed by atoms with Crippen LogP contribution in [0.1, 0.15) is 11.1 Å². The molecule has 1 N–H and O–H groups in total. The van der Waals surface area contributed by atoms with Crippen LogP contribution in [0.2, 0.25) is 0 Å². The van der Waals surface area contributed by atoms with Crippen molar-refractivity contribution in [2.45, 2.75) is 13.5 Å². The van der Waals surface area contributed by atoms with Gasteiger partial charge in [0.15, 0.2) is 5.75 Å². The number of nitrogens with one attached hydrogen (secondary N) is 1. The molecule has 0 heterocycles. The summed E-state index contributed by atoms with van der Waals surface area (Å²) in [6, 6.07) is 24.0. The molecule has 0 aromatic heterocycles. The summed E-state index contributed by atoms with van der Waals surface area (Å²) < 4.78 is 11.4. The van der Waals surface area contributed by atoms with Gasteiger partial charge in [0.25, 0.3) is 0 Å². The highest BCUT2D eigenvalue weighted by Crippen LogP contribution is 2.31. The minimum Gasteiger partial charge on any atom is -0.497 e. The van der Waals surface area contributed by atoms with Crippen LogP contribution < -0.4 is 14.8 Å². The van der Waals surface area contributed by atoms with Crippen LogP contribution in [0, 0.1) is 6.92 Å². The van der Waals surface area contributed by atoms with Crippen LogP contribution in [0.5, 0.6) is 17.2 Å². The first-order valence-electron chi connectivity index (χ1n) is 7.95. The van der Waals surface area contributed by atoms with E-state index in [9.17, 15) is 0 Å². The first-order valence-corrected chi connectivity index (χ1v) is 7.95. The zero-order chi connectivity index (χ0) is 16.8. The molecule has 24 heavy (non-hydrogen) atoms. The van der Waals surface area contributed by atoms with Gasteiger partial charge in [0.05, 0.1) is 12.8 Å². The summed E-state index contributed by atoms with van der Waals surface area (Å²) in [6.45, 7) is 2.74. The van der Waals surface area contributed by atoms with Crippen molar-refractivity contribution in [3.63, 3.8) is 0 Å². The first-order chi connectivity index (χ1) is 11.8. The van der Waals surface area contributed by atoms with E-state index in [4.69, 9.17) is 9.47 Å². The van der Waals surface area contributed by atoms with Crippen molar-refractivity contribution < 1.29 is 9.47 Å². The number of hydrogen-bond donors (Lipinski definition) is 1. The van der Waals surface area contributed by atoms with Gasteiger partial charge in [-0.1, -0.05) is 42.5 Å². The van der Waals surface area contributed by atoms with E-state index in [-0.39, 0.29) is 0 Å². The van der Waals surface area contributed by atoms with Crippen LogP contribution in [-0.4, -0.2) is 7.11 Å². The van der Waals surface area contributed by atoms with Crippen LogP contribution in [0.4, 0.5) is 5.69 Å². The Bertz CT molecular complexity index is 814. The average molecular weight is 319 g/mol. The van der Waals surface area contributed by atoms with E-state index in [1.54, 1.807) is 7.11 Å². The lowest BCUT2D eigenvalue weighted by Gasteiger charge is -2.14. The minimum absolute atomic E-state index is 0.700. The Morgan fingerprint density at radius 2 is 1.58 bits per heavy atom. The molecule has 0 radical (unpaired) electrons. The van der Waals surface area contributed by atoms with Crippen molar-refractivity contribution in [2.75, 3.05) is 12.4 Å². The van der Waals surface area contributed by atoms with Crippen LogP contribution >= 0.6 is 0 Å². The third-order valence-electron chi connectivity index (χ3n) is 3.82. The van der Waals surface area contributed by atoms with Crippen molar-refractivity contribution in [1.82, 2.24) is 0 Å². The number of ether oxygens (including phenoxy) is 2. The summed E-state index contributed by atoms with van der Waals surface area (Å²) >= 11 is 0. The Morgan fingerprint density at radius 1 is 0.833 bits per heavy atom. The molecule has 3 nitrogen and oxygen atoms in total. The molecular weight excluding hydrogens is 298 g/mol. The summed E-state index contributed by atoms with van der Waals surface area (Å²) in [5.41, 5.74) is 3.23. The highest BCUT2D eigenvalue weighted by atomic mass is 16.5. The fraction of sp³-hybridized carbons (Fsp3) is 0.143. The molecule has 0 saturated heterocycles. The predicted molar refractivity (Wildman–Crippen MR) is 98.0 cm³/mol. The van der Waals surface area contributed by atoms with E-state index in [0.717, 1.165) is 34.1 Å². The van der Waals surface area contributed by atoms with Crippen LogP contribution in [-0.2, 0) is 6.54 Å². The molecule has 0 amide bonds. The number of rotatable bonds is 6. The zero-order valence-corrected chi connectivity index (χ0v) is 14.0. The zero-order valence-electron chi connectivity index (χ0n) is 14.0. The summed E-state index contributed by atoms with van der Waals surface area (Å²) in [5.74, 6) is 2.54. The number of anilines is 1. The van der Waals surface area contributed by atoms with Gasteiger partial charge in [0, 0.05) is 6.54 Å². The number of para-hydroxylation sites is 3.